The van der Waals surface area contributed by atoms with Crippen molar-refractivity contribution in [1.29, 1.82) is 0 Å². The van der Waals surface area contributed by atoms with Crippen LogP contribution in [0.1, 0.15) is 16.8 Å². The van der Waals surface area contributed by atoms with Crippen LogP contribution in [-0.2, 0) is 6.42 Å². The van der Waals surface area contributed by atoms with Gasteiger partial charge < -0.3 is 5.84 Å². The molecule has 1 aromatic rings. The third-order valence-corrected chi connectivity index (χ3v) is 2.15. The first-order chi connectivity index (χ1) is 4.86. The van der Waals surface area contributed by atoms with Gasteiger partial charge in [0, 0.05) is 6.20 Å². The summed E-state index contributed by atoms with van der Waals surface area (Å²) in [6.45, 7) is 2.07. The number of aryl methyl sites for hydroxylation is 1. The minimum absolute atomic E-state index is 0.975. The molecule has 0 aliphatic carbocycles. The SMILES string of the molecule is CCc1ncc(/C=N/N)s1. The lowest BCUT2D eigenvalue weighted by Crippen LogP contribution is -1.80. The van der Waals surface area contributed by atoms with E-state index in [1.807, 2.05) is 0 Å². The standard InChI is InChI=1S/C6H9N3S/c1-2-6-8-3-5(10-6)4-9-7/h3-4H,2,7H2,1H3/b9-4+. The van der Waals surface area contributed by atoms with Crippen LogP contribution in [0.5, 0.6) is 0 Å². The van der Waals surface area contributed by atoms with Crippen LogP contribution in [0.3, 0.4) is 0 Å². The summed E-state index contributed by atoms with van der Waals surface area (Å²) in [6.07, 6.45) is 4.36. The Morgan fingerprint density at radius 2 is 2.70 bits per heavy atom. The molecule has 0 radical (unpaired) electrons. The molecule has 2 N–H and O–H groups in total. The normalized spacial score (nSPS) is 10.9. The predicted octanol–water partition coefficient (Wildman–Crippen LogP) is 0.998. The molecule has 0 aliphatic heterocycles. The average molecular weight is 155 g/mol. The molecule has 0 fully saturated rings. The van der Waals surface area contributed by atoms with E-state index < -0.39 is 0 Å². The van der Waals surface area contributed by atoms with E-state index in [-0.39, 0.29) is 0 Å². The van der Waals surface area contributed by atoms with Gasteiger partial charge in [-0.1, -0.05) is 6.92 Å². The smallest absolute Gasteiger partial charge is 0.0928 e. The Morgan fingerprint density at radius 3 is 3.20 bits per heavy atom. The molecule has 0 saturated heterocycles. The molecule has 0 amide bonds. The maximum absolute atomic E-state index is 4.96. The quantitative estimate of drug-likeness (QED) is 0.393. The van der Waals surface area contributed by atoms with Gasteiger partial charge in [-0.05, 0) is 6.42 Å². The first kappa shape index (κ1) is 7.21. The fraction of sp³-hybridized carbons (Fsp3) is 0.333. The number of nitrogens with two attached hydrogens (primary N) is 1. The van der Waals surface area contributed by atoms with Crippen LogP contribution >= 0.6 is 11.3 Å². The number of aromatic nitrogens is 1. The molecule has 0 saturated carbocycles. The lowest BCUT2D eigenvalue weighted by atomic mass is 10.5. The molecule has 0 spiro atoms. The molecular formula is C6H9N3S. The topological polar surface area (TPSA) is 51.3 Å². The molecule has 0 atom stereocenters. The number of nitrogens with zero attached hydrogens (tertiary/aromatic N) is 2. The van der Waals surface area contributed by atoms with Crippen LogP contribution in [-0.4, -0.2) is 11.2 Å². The second-order valence-corrected chi connectivity index (χ2v) is 2.93. The zero-order valence-corrected chi connectivity index (χ0v) is 6.56. The Bertz CT molecular complexity index is 229. The van der Waals surface area contributed by atoms with Crippen LogP contribution < -0.4 is 5.84 Å². The Labute approximate surface area is 63.6 Å². The highest BCUT2D eigenvalue weighted by Gasteiger charge is 1.94. The molecule has 0 unspecified atom stereocenters. The maximum Gasteiger partial charge on any atom is 0.0928 e. The van der Waals surface area contributed by atoms with E-state index in [1.165, 1.54) is 0 Å². The molecule has 0 bridgehead atoms. The van der Waals surface area contributed by atoms with Crippen LogP contribution in [0, 0.1) is 0 Å². The minimum atomic E-state index is 0.975. The van der Waals surface area contributed by atoms with Gasteiger partial charge >= 0.3 is 0 Å². The average Bonchev–Trinajstić information content (AvgIpc) is 2.37. The van der Waals surface area contributed by atoms with Crippen molar-refractivity contribution in [2.24, 2.45) is 10.9 Å². The van der Waals surface area contributed by atoms with E-state index in [4.69, 9.17) is 5.84 Å². The first-order valence-corrected chi connectivity index (χ1v) is 3.86. The van der Waals surface area contributed by atoms with E-state index >= 15 is 0 Å². The summed E-state index contributed by atoms with van der Waals surface area (Å²) in [6, 6.07) is 0. The van der Waals surface area contributed by atoms with E-state index in [9.17, 15) is 0 Å². The molecule has 1 rings (SSSR count). The van der Waals surface area contributed by atoms with Gasteiger partial charge in [0.05, 0.1) is 16.1 Å². The number of hydrogen-bond acceptors (Lipinski definition) is 4. The summed E-state index contributed by atoms with van der Waals surface area (Å²) >= 11 is 1.62. The van der Waals surface area contributed by atoms with Gasteiger partial charge in [0.1, 0.15) is 0 Å². The molecular weight excluding hydrogens is 146 g/mol. The van der Waals surface area contributed by atoms with Gasteiger partial charge in [0.15, 0.2) is 0 Å². The van der Waals surface area contributed by atoms with Crippen molar-refractivity contribution in [1.82, 2.24) is 4.98 Å². The van der Waals surface area contributed by atoms with Gasteiger partial charge in [-0.2, -0.15) is 5.10 Å². The molecule has 1 aromatic heterocycles. The van der Waals surface area contributed by atoms with Crippen LogP contribution in [0.4, 0.5) is 0 Å². The Kier molecular flexibility index (Phi) is 2.39. The summed E-state index contributed by atoms with van der Waals surface area (Å²) in [4.78, 5) is 5.14. The Hall–Kier alpha value is -0.900. The van der Waals surface area contributed by atoms with Crippen molar-refractivity contribution in [3.63, 3.8) is 0 Å². The lowest BCUT2D eigenvalue weighted by molar-refractivity contribution is 1.09. The number of rotatable bonds is 2. The molecule has 4 heteroatoms. The number of hydrazone groups is 1. The van der Waals surface area contributed by atoms with Gasteiger partial charge in [0.2, 0.25) is 0 Å². The second kappa shape index (κ2) is 3.31. The first-order valence-electron chi connectivity index (χ1n) is 3.04. The summed E-state index contributed by atoms with van der Waals surface area (Å²) in [5.74, 6) is 4.96. The van der Waals surface area contributed by atoms with Crippen molar-refractivity contribution in [2.75, 3.05) is 0 Å². The Balaban J connectivity index is 2.78. The monoisotopic (exact) mass is 155 g/mol. The molecule has 54 valence electrons. The van der Waals surface area contributed by atoms with Crippen LogP contribution in [0.25, 0.3) is 0 Å². The molecule has 10 heavy (non-hydrogen) atoms. The van der Waals surface area contributed by atoms with Crippen LogP contribution in [0.15, 0.2) is 11.3 Å². The zero-order chi connectivity index (χ0) is 7.40. The molecule has 3 nitrogen and oxygen atoms in total. The highest BCUT2D eigenvalue weighted by Crippen LogP contribution is 2.10. The highest BCUT2D eigenvalue weighted by molar-refractivity contribution is 7.13. The predicted molar refractivity (Wildman–Crippen MR) is 43.3 cm³/mol. The summed E-state index contributed by atoms with van der Waals surface area (Å²) in [7, 11) is 0. The van der Waals surface area contributed by atoms with Crippen molar-refractivity contribution in [3.05, 3.63) is 16.1 Å². The lowest BCUT2D eigenvalue weighted by Gasteiger charge is -1.79. The fourth-order valence-corrected chi connectivity index (χ4v) is 1.36. The molecule has 1 heterocycles. The van der Waals surface area contributed by atoms with Gasteiger partial charge in [-0.25, -0.2) is 4.98 Å². The third-order valence-electron chi connectivity index (χ3n) is 1.08. The van der Waals surface area contributed by atoms with Gasteiger partial charge in [-0.3, -0.25) is 0 Å². The van der Waals surface area contributed by atoms with E-state index in [0.717, 1.165) is 16.3 Å². The van der Waals surface area contributed by atoms with E-state index in [0.29, 0.717) is 0 Å². The summed E-state index contributed by atoms with van der Waals surface area (Å²) < 4.78 is 0. The van der Waals surface area contributed by atoms with Crippen LogP contribution in [0.2, 0.25) is 0 Å². The zero-order valence-electron chi connectivity index (χ0n) is 5.74. The molecule has 0 aliphatic rings. The maximum atomic E-state index is 4.96. The van der Waals surface area contributed by atoms with Crippen molar-refractivity contribution >= 4 is 17.6 Å². The minimum Gasteiger partial charge on any atom is -0.323 e. The Morgan fingerprint density at radius 1 is 1.90 bits per heavy atom. The number of hydrogen-bond donors (Lipinski definition) is 1. The largest absolute Gasteiger partial charge is 0.323 e. The number of thiazole rings is 1. The van der Waals surface area contributed by atoms with E-state index in [1.54, 1.807) is 23.7 Å². The second-order valence-electron chi connectivity index (χ2n) is 1.79. The van der Waals surface area contributed by atoms with Crippen molar-refractivity contribution in [3.8, 4) is 0 Å². The van der Waals surface area contributed by atoms with Crippen molar-refractivity contribution in [2.45, 2.75) is 13.3 Å². The third kappa shape index (κ3) is 1.54. The summed E-state index contributed by atoms with van der Waals surface area (Å²) in [5.41, 5.74) is 0. The molecule has 0 aromatic carbocycles. The summed E-state index contributed by atoms with van der Waals surface area (Å²) in [5, 5.41) is 4.52. The van der Waals surface area contributed by atoms with Gasteiger partial charge in [-0.15, -0.1) is 11.3 Å². The van der Waals surface area contributed by atoms with E-state index in [2.05, 4.69) is 17.0 Å². The van der Waals surface area contributed by atoms with Crippen molar-refractivity contribution < 1.29 is 0 Å². The van der Waals surface area contributed by atoms with Gasteiger partial charge in [0.25, 0.3) is 0 Å². The highest BCUT2D eigenvalue weighted by atomic mass is 32.1. The fourth-order valence-electron chi connectivity index (χ4n) is 0.621.